The van der Waals surface area contributed by atoms with Gasteiger partial charge in [0.1, 0.15) is 0 Å². The standard InChI is InChI=1S/C21H32N6O3.HI/c1-3-16(2)23-21(22-14-17-4-8-19(9-5-17)27(29)30)26-12-10-25(11-13-26)15-20(28)24-18-6-7-18;/h4-5,8-9,16,18H,3,6-7,10-15H2,1-2H3,(H,22,23)(H,24,28);1H. The summed E-state index contributed by atoms with van der Waals surface area (Å²) in [6.07, 6.45) is 3.20. The van der Waals surface area contributed by atoms with Crippen LogP contribution in [0.5, 0.6) is 0 Å². The molecular weight excluding hydrogens is 511 g/mol. The van der Waals surface area contributed by atoms with Gasteiger partial charge in [0.2, 0.25) is 5.91 Å². The first-order valence-corrected chi connectivity index (χ1v) is 10.8. The molecule has 172 valence electrons. The molecule has 2 N–H and O–H groups in total. The van der Waals surface area contributed by atoms with E-state index in [1.807, 2.05) is 0 Å². The second-order valence-corrected chi connectivity index (χ2v) is 8.12. The molecule has 1 aromatic rings. The minimum absolute atomic E-state index is 0. The Bertz CT molecular complexity index is 761. The van der Waals surface area contributed by atoms with Crippen molar-refractivity contribution in [3.63, 3.8) is 0 Å². The van der Waals surface area contributed by atoms with Gasteiger partial charge in [0, 0.05) is 50.4 Å². The van der Waals surface area contributed by atoms with E-state index in [1.165, 1.54) is 12.1 Å². The van der Waals surface area contributed by atoms with Crippen molar-refractivity contribution in [1.82, 2.24) is 20.4 Å². The van der Waals surface area contributed by atoms with E-state index in [-0.39, 0.29) is 35.6 Å². The van der Waals surface area contributed by atoms with Crippen LogP contribution in [0, 0.1) is 10.1 Å². The Morgan fingerprint density at radius 3 is 2.42 bits per heavy atom. The van der Waals surface area contributed by atoms with E-state index in [0.717, 1.165) is 57.0 Å². The zero-order valence-electron chi connectivity index (χ0n) is 18.2. The lowest BCUT2D eigenvalue weighted by atomic mass is 10.2. The fraction of sp³-hybridized carbons (Fsp3) is 0.619. The number of carbonyl (C=O) groups excluding carboxylic acids is 1. The molecule has 1 heterocycles. The van der Waals surface area contributed by atoms with Gasteiger partial charge in [-0.1, -0.05) is 19.1 Å². The average molecular weight is 544 g/mol. The van der Waals surface area contributed by atoms with Gasteiger partial charge in [-0.2, -0.15) is 0 Å². The van der Waals surface area contributed by atoms with Crippen molar-refractivity contribution in [3.05, 3.63) is 39.9 Å². The maximum absolute atomic E-state index is 12.0. The summed E-state index contributed by atoms with van der Waals surface area (Å²) in [7, 11) is 0. The normalized spacial score (nSPS) is 18.1. The number of nitro groups is 1. The molecule has 1 amide bonds. The summed E-state index contributed by atoms with van der Waals surface area (Å²) < 4.78 is 0. The smallest absolute Gasteiger partial charge is 0.269 e. The molecule has 2 aliphatic rings. The number of hydrogen-bond acceptors (Lipinski definition) is 5. The van der Waals surface area contributed by atoms with Gasteiger partial charge in [0.25, 0.3) is 5.69 Å². The molecule has 10 heteroatoms. The van der Waals surface area contributed by atoms with Crippen LogP contribution in [0.4, 0.5) is 5.69 Å². The van der Waals surface area contributed by atoms with Crippen LogP contribution in [0.15, 0.2) is 29.3 Å². The van der Waals surface area contributed by atoms with Crippen molar-refractivity contribution in [2.24, 2.45) is 4.99 Å². The van der Waals surface area contributed by atoms with Gasteiger partial charge in [0.05, 0.1) is 18.0 Å². The molecule has 1 saturated carbocycles. The number of nitrogens with one attached hydrogen (secondary N) is 2. The molecule has 0 aromatic heterocycles. The van der Waals surface area contributed by atoms with Crippen LogP contribution in [0.3, 0.4) is 0 Å². The van der Waals surface area contributed by atoms with Gasteiger partial charge in [-0.15, -0.1) is 24.0 Å². The number of halogens is 1. The second-order valence-electron chi connectivity index (χ2n) is 8.12. The molecule has 9 nitrogen and oxygen atoms in total. The summed E-state index contributed by atoms with van der Waals surface area (Å²) in [5.74, 6) is 0.973. The Labute approximate surface area is 200 Å². The molecular formula is C21H33IN6O3. The summed E-state index contributed by atoms with van der Waals surface area (Å²) in [5, 5.41) is 17.4. The van der Waals surface area contributed by atoms with Crippen LogP contribution in [0.1, 0.15) is 38.7 Å². The number of nitrogens with zero attached hydrogens (tertiary/aromatic N) is 4. The van der Waals surface area contributed by atoms with Crippen molar-refractivity contribution >= 4 is 41.5 Å². The topological polar surface area (TPSA) is 103 Å². The van der Waals surface area contributed by atoms with E-state index in [0.29, 0.717) is 25.2 Å². The number of amides is 1. The van der Waals surface area contributed by atoms with Crippen LogP contribution >= 0.6 is 24.0 Å². The maximum atomic E-state index is 12.0. The van der Waals surface area contributed by atoms with E-state index in [2.05, 4.69) is 34.3 Å². The number of non-ortho nitro benzene ring substituents is 1. The SMILES string of the molecule is CCC(C)NC(=NCc1ccc([N+](=O)[O-])cc1)N1CCN(CC(=O)NC2CC2)CC1.I. The number of nitro benzene ring substituents is 1. The molecule has 2 fully saturated rings. The molecule has 0 bridgehead atoms. The number of aliphatic imine (C=N–C) groups is 1. The van der Waals surface area contributed by atoms with Gasteiger partial charge in [0.15, 0.2) is 5.96 Å². The Hall–Kier alpha value is -1.95. The van der Waals surface area contributed by atoms with E-state index in [4.69, 9.17) is 4.99 Å². The quantitative estimate of drug-likeness (QED) is 0.171. The minimum atomic E-state index is -0.395. The maximum Gasteiger partial charge on any atom is 0.269 e. The fourth-order valence-electron chi connectivity index (χ4n) is 3.27. The number of rotatable bonds is 8. The first-order chi connectivity index (χ1) is 14.4. The van der Waals surface area contributed by atoms with E-state index in [1.54, 1.807) is 12.1 Å². The van der Waals surface area contributed by atoms with Crippen LogP contribution in [-0.4, -0.2) is 71.4 Å². The zero-order valence-corrected chi connectivity index (χ0v) is 20.6. The fourth-order valence-corrected chi connectivity index (χ4v) is 3.27. The molecule has 1 atom stereocenters. The molecule has 1 aromatic carbocycles. The second kappa shape index (κ2) is 12.2. The van der Waals surface area contributed by atoms with Gasteiger partial charge < -0.3 is 15.5 Å². The third-order valence-corrected chi connectivity index (χ3v) is 5.53. The van der Waals surface area contributed by atoms with Crippen LogP contribution in [0.25, 0.3) is 0 Å². The van der Waals surface area contributed by atoms with E-state index >= 15 is 0 Å². The summed E-state index contributed by atoms with van der Waals surface area (Å²) in [5.41, 5.74) is 1.02. The van der Waals surface area contributed by atoms with Crippen molar-refractivity contribution in [2.75, 3.05) is 32.7 Å². The lowest BCUT2D eigenvalue weighted by Crippen LogP contribution is -2.55. The van der Waals surface area contributed by atoms with Crippen LogP contribution in [-0.2, 0) is 11.3 Å². The Kier molecular flexibility index (Phi) is 9.94. The number of carbonyl (C=O) groups is 1. The lowest BCUT2D eigenvalue weighted by Gasteiger charge is -2.37. The molecule has 1 aliphatic heterocycles. The Balaban J connectivity index is 0.00000341. The third-order valence-electron chi connectivity index (χ3n) is 5.53. The molecule has 3 rings (SSSR count). The van der Waals surface area contributed by atoms with Gasteiger partial charge in [-0.25, -0.2) is 4.99 Å². The summed E-state index contributed by atoms with van der Waals surface area (Å²) in [4.78, 5) is 31.7. The molecule has 0 radical (unpaired) electrons. The Morgan fingerprint density at radius 1 is 1.23 bits per heavy atom. The van der Waals surface area contributed by atoms with Crippen molar-refractivity contribution in [1.29, 1.82) is 0 Å². The largest absolute Gasteiger partial charge is 0.354 e. The molecule has 1 saturated heterocycles. The summed E-state index contributed by atoms with van der Waals surface area (Å²) in [6, 6.07) is 7.22. The Morgan fingerprint density at radius 2 is 1.87 bits per heavy atom. The molecule has 31 heavy (non-hydrogen) atoms. The number of piperazine rings is 1. The molecule has 1 aliphatic carbocycles. The van der Waals surface area contributed by atoms with Gasteiger partial charge in [-0.3, -0.25) is 19.8 Å². The monoisotopic (exact) mass is 544 g/mol. The van der Waals surface area contributed by atoms with E-state index in [9.17, 15) is 14.9 Å². The summed E-state index contributed by atoms with van der Waals surface area (Å²) in [6.45, 7) is 8.41. The average Bonchev–Trinajstić information content (AvgIpc) is 3.55. The van der Waals surface area contributed by atoms with Gasteiger partial charge in [-0.05, 0) is 31.7 Å². The van der Waals surface area contributed by atoms with Crippen molar-refractivity contribution in [3.8, 4) is 0 Å². The highest BCUT2D eigenvalue weighted by atomic mass is 127. The third kappa shape index (κ3) is 8.24. The lowest BCUT2D eigenvalue weighted by molar-refractivity contribution is -0.384. The molecule has 1 unspecified atom stereocenters. The highest BCUT2D eigenvalue weighted by Gasteiger charge is 2.26. The van der Waals surface area contributed by atoms with Crippen molar-refractivity contribution < 1.29 is 9.72 Å². The highest BCUT2D eigenvalue weighted by Crippen LogP contribution is 2.18. The number of hydrogen-bond donors (Lipinski definition) is 2. The van der Waals surface area contributed by atoms with Crippen LogP contribution < -0.4 is 10.6 Å². The van der Waals surface area contributed by atoms with Crippen molar-refractivity contribution in [2.45, 2.75) is 51.7 Å². The van der Waals surface area contributed by atoms with Gasteiger partial charge >= 0.3 is 0 Å². The first-order valence-electron chi connectivity index (χ1n) is 10.8. The molecule has 0 spiro atoms. The zero-order chi connectivity index (χ0) is 21.5. The number of guanidine groups is 1. The highest BCUT2D eigenvalue weighted by molar-refractivity contribution is 14.0. The number of benzene rings is 1. The minimum Gasteiger partial charge on any atom is -0.354 e. The van der Waals surface area contributed by atoms with Crippen LogP contribution in [0.2, 0.25) is 0 Å². The first kappa shape index (κ1) is 25.3. The predicted molar refractivity (Wildman–Crippen MR) is 132 cm³/mol. The van der Waals surface area contributed by atoms with E-state index < -0.39 is 4.92 Å². The summed E-state index contributed by atoms with van der Waals surface area (Å²) >= 11 is 0. The predicted octanol–water partition coefficient (Wildman–Crippen LogP) is 2.35.